The van der Waals surface area contributed by atoms with Crippen molar-refractivity contribution < 1.29 is 9.59 Å². The molecule has 3 rings (SSSR count). The summed E-state index contributed by atoms with van der Waals surface area (Å²) >= 11 is 0. The summed E-state index contributed by atoms with van der Waals surface area (Å²) in [4.78, 5) is 25.3. The quantitative estimate of drug-likeness (QED) is 0.891. The van der Waals surface area contributed by atoms with Crippen LogP contribution < -0.4 is 10.6 Å². The number of anilines is 1. The van der Waals surface area contributed by atoms with E-state index in [2.05, 4.69) is 0 Å². The second kappa shape index (κ2) is 4.39. The highest BCUT2D eigenvalue weighted by atomic mass is 16.2. The van der Waals surface area contributed by atoms with Gasteiger partial charge in [0.25, 0.3) is 5.91 Å². The monoisotopic (exact) mass is 254 g/mol. The second-order valence-corrected chi connectivity index (χ2v) is 4.69. The Kier molecular flexibility index (Phi) is 2.71. The lowest BCUT2D eigenvalue weighted by Crippen LogP contribution is -2.27. The van der Waals surface area contributed by atoms with Gasteiger partial charge in [-0.3, -0.25) is 9.59 Å². The Bertz CT molecular complexity index is 679. The standard InChI is InChI=1S/C15H14N2O2/c16-15(19)14-11-5-2-1-4-10(11)7-8-12(14)17-9-3-6-13(17)18/h1-2,4-5,7-8H,3,6,9H2,(H2,16,19). The van der Waals surface area contributed by atoms with Crippen LogP contribution in [-0.2, 0) is 4.79 Å². The van der Waals surface area contributed by atoms with E-state index in [-0.39, 0.29) is 5.91 Å². The summed E-state index contributed by atoms with van der Waals surface area (Å²) in [6, 6.07) is 11.3. The lowest BCUT2D eigenvalue weighted by Gasteiger charge is -2.19. The maximum atomic E-state index is 11.9. The number of benzene rings is 2. The van der Waals surface area contributed by atoms with Crippen molar-refractivity contribution in [3.63, 3.8) is 0 Å². The number of hydrogen-bond donors (Lipinski definition) is 1. The van der Waals surface area contributed by atoms with Gasteiger partial charge in [-0.2, -0.15) is 0 Å². The van der Waals surface area contributed by atoms with Crippen LogP contribution in [0.2, 0.25) is 0 Å². The van der Waals surface area contributed by atoms with E-state index >= 15 is 0 Å². The molecule has 0 radical (unpaired) electrons. The predicted molar refractivity (Wildman–Crippen MR) is 74.1 cm³/mol. The zero-order valence-electron chi connectivity index (χ0n) is 10.4. The highest BCUT2D eigenvalue weighted by molar-refractivity contribution is 6.14. The Morgan fingerprint density at radius 2 is 1.95 bits per heavy atom. The van der Waals surface area contributed by atoms with Gasteiger partial charge in [-0.1, -0.05) is 30.3 Å². The van der Waals surface area contributed by atoms with E-state index in [0.717, 1.165) is 17.2 Å². The molecular formula is C15H14N2O2. The molecule has 4 heteroatoms. The number of fused-ring (bicyclic) bond motifs is 1. The number of amides is 2. The molecule has 1 aliphatic rings. The molecule has 1 fully saturated rings. The lowest BCUT2D eigenvalue weighted by molar-refractivity contribution is -0.117. The molecule has 2 aromatic rings. The van der Waals surface area contributed by atoms with E-state index in [1.54, 1.807) is 4.90 Å². The predicted octanol–water partition coefficient (Wildman–Crippen LogP) is 2.07. The summed E-state index contributed by atoms with van der Waals surface area (Å²) < 4.78 is 0. The molecule has 96 valence electrons. The number of carbonyl (C=O) groups is 2. The third-order valence-corrected chi connectivity index (χ3v) is 3.52. The molecule has 0 atom stereocenters. The van der Waals surface area contributed by atoms with Gasteiger partial charge in [0.05, 0.1) is 11.3 Å². The van der Waals surface area contributed by atoms with Crippen LogP contribution in [0, 0.1) is 0 Å². The molecule has 0 saturated carbocycles. The minimum atomic E-state index is -0.494. The zero-order chi connectivity index (χ0) is 13.4. The fourth-order valence-electron chi connectivity index (χ4n) is 2.65. The lowest BCUT2D eigenvalue weighted by atomic mass is 10.0. The Labute approximate surface area is 110 Å². The van der Waals surface area contributed by atoms with Crippen molar-refractivity contribution in [2.45, 2.75) is 12.8 Å². The van der Waals surface area contributed by atoms with E-state index in [9.17, 15) is 9.59 Å². The van der Waals surface area contributed by atoms with E-state index in [1.807, 2.05) is 36.4 Å². The highest BCUT2D eigenvalue weighted by Crippen LogP contribution is 2.31. The van der Waals surface area contributed by atoms with E-state index in [4.69, 9.17) is 5.73 Å². The van der Waals surface area contributed by atoms with Crippen molar-refractivity contribution in [2.24, 2.45) is 5.73 Å². The number of nitrogens with two attached hydrogens (primary N) is 1. The summed E-state index contributed by atoms with van der Waals surface area (Å²) in [5, 5.41) is 1.75. The van der Waals surface area contributed by atoms with Crippen LogP contribution in [0.4, 0.5) is 5.69 Å². The van der Waals surface area contributed by atoms with Crippen LogP contribution >= 0.6 is 0 Å². The van der Waals surface area contributed by atoms with E-state index in [0.29, 0.717) is 24.2 Å². The highest BCUT2D eigenvalue weighted by Gasteiger charge is 2.26. The molecule has 1 saturated heterocycles. The van der Waals surface area contributed by atoms with Crippen LogP contribution in [0.1, 0.15) is 23.2 Å². The molecule has 0 aromatic heterocycles. The molecule has 0 aliphatic carbocycles. The van der Waals surface area contributed by atoms with Crippen molar-refractivity contribution in [3.8, 4) is 0 Å². The Hall–Kier alpha value is -2.36. The Balaban J connectivity index is 2.27. The first-order chi connectivity index (χ1) is 9.18. The first-order valence-corrected chi connectivity index (χ1v) is 6.30. The average molecular weight is 254 g/mol. The number of nitrogens with zero attached hydrogens (tertiary/aromatic N) is 1. The van der Waals surface area contributed by atoms with Gasteiger partial charge in [0.1, 0.15) is 0 Å². The molecule has 0 spiro atoms. The normalized spacial score (nSPS) is 15.2. The maximum absolute atomic E-state index is 11.9. The fraction of sp³-hybridized carbons (Fsp3) is 0.200. The van der Waals surface area contributed by atoms with Crippen molar-refractivity contribution in [1.29, 1.82) is 0 Å². The minimum Gasteiger partial charge on any atom is -0.366 e. The van der Waals surface area contributed by atoms with Gasteiger partial charge in [0, 0.05) is 13.0 Å². The minimum absolute atomic E-state index is 0.0535. The third-order valence-electron chi connectivity index (χ3n) is 3.52. The van der Waals surface area contributed by atoms with Gasteiger partial charge in [-0.05, 0) is 23.3 Å². The molecule has 0 unspecified atom stereocenters. The van der Waals surface area contributed by atoms with Gasteiger partial charge in [-0.15, -0.1) is 0 Å². The SMILES string of the molecule is NC(=O)c1c(N2CCCC2=O)ccc2ccccc12. The summed E-state index contributed by atoms with van der Waals surface area (Å²) in [5.41, 5.74) is 6.59. The number of hydrogen-bond acceptors (Lipinski definition) is 2. The van der Waals surface area contributed by atoms with Crippen molar-refractivity contribution >= 4 is 28.3 Å². The topological polar surface area (TPSA) is 63.4 Å². The van der Waals surface area contributed by atoms with Gasteiger partial charge >= 0.3 is 0 Å². The number of rotatable bonds is 2. The molecule has 0 bridgehead atoms. The second-order valence-electron chi connectivity index (χ2n) is 4.69. The van der Waals surface area contributed by atoms with Crippen LogP contribution in [0.15, 0.2) is 36.4 Å². The summed E-state index contributed by atoms with van der Waals surface area (Å²) in [7, 11) is 0. The number of primary amides is 1. The molecular weight excluding hydrogens is 240 g/mol. The van der Waals surface area contributed by atoms with E-state index < -0.39 is 5.91 Å². The van der Waals surface area contributed by atoms with Gasteiger partial charge in [0.2, 0.25) is 5.91 Å². The fourth-order valence-corrected chi connectivity index (χ4v) is 2.65. The number of carbonyl (C=O) groups excluding carboxylic acids is 2. The van der Waals surface area contributed by atoms with Gasteiger partial charge in [-0.25, -0.2) is 0 Å². The van der Waals surface area contributed by atoms with Crippen LogP contribution in [0.3, 0.4) is 0 Å². The molecule has 2 aromatic carbocycles. The van der Waals surface area contributed by atoms with Crippen LogP contribution in [0.5, 0.6) is 0 Å². The first kappa shape index (κ1) is 11.7. The molecule has 1 aliphatic heterocycles. The maximum Gasteiger partial charge on any atom is 0.251 e. The van der Waals surface area contributed by atoms with E-state index in [1.165, 1.54) is 0 Å². The van der Waals surface area contributed by atoms with Gasteiger partial charge in [0.15, 0.2) is 0 Å². The average Bonchev–Trinajstić information content (AvgIpc) is 2.83. The molecule has 1 heterocycles. The third kappa shape index (κ3) is 1.85. The van der Waals surface area contributed by atoms with Crippen molar-refractivity contribution in [3.05, 3.63) is 42.0 Å². The smallest absolute Gasteiger partial charge is 0.251 e. The summed E-state index contributed by atoms with van der Waals surface area (Å²) in [5.74, 6) is -0.440. The Morgan fingerprint density at radius 1 is 1.16 bits per heavy atom. The Morgan fingerprint density at radius 3 is 2.63 bits per heavy atom. The van der Waals surface area contributed by atoms with Crippen molar-refractivity contribution in [1.82, 2.24) is 0 Å². The largest absolute Gasteiger partial charge is 0.366 e. The molecule has 19 heavy (non-hydrogen) atoms. The molecule has 2 amide bonds. The molecule has 4 nitrogen and oxygen atoms in total. The molecule has 2 N–H and O–H groups in total. The summed E-state index contributed by atoms with van der Waals surface area (Å²) in [6.45, 7) is 0.650. The zero-order valence-corrected chi connectivity index (χ0v) is 10.4. The van der Waals surface area contributed by atoms with Crippen LogP contribution in [0.25, 0.3) is 10.8 Å². The first-order valence-electron chi connectivity index (χ1n) is 6.30. The summed E-state index contributed by atoms with van der Waals surface area (Å²) in [6.07, 6.45) is 1.36. The van der Waals surface area contributed by atoms with Crippen molar-refractivity contribution in [2.75, 3.05) is 11.4 Å². The van der Waals surface area contributed by atoms with Gasteiger partial charge < -0.3 is 10.6 Å². The van der Waals surface area contributed by atoms with Crippen LogP contribution in [-0.4, -0.2) is 18.4 Å².